The number of hydrogen-bond acceptors (Lipinski definition) is 3. The van der Waals surface area contributed by atoms with Crippen molar-refractivity contribution in [1.82, 2.24) is 15.5 Å². The predicted octanol–water partition coefficient (Wildman–Crippen LogP) is 2.28. The lowest BCUT2D eigenvalue weighted by Crippen LogP contribution is -2.49. The Hall–Kier alpha value is -1.66. The highest BCUT2D eigenvalue weighted by Crippen LogP contribution is 2.37. The fourth-order valence-corrected chi connectivity index (χ4v) is 3.35. The van der Waals surface area contributed by atoms with E-state index >= 15 is 0 Å². The molecule has 0 heterocycles. The average molecular weight is 337 g/mol. The summed E-state index contributed by atoms with van der Waals surface area (Å²) >= 11 is 0. The van der Waals surface area contributed by atoms with E-state index in [2.05, 4.69) is 10.6 Å². The second-order valence-corrected chi connectivity index (χ2v) is 7.14. The summed E-state index contributed by atoms with van der Waals surface area (Å²) in [6, 6.07) is 6.05. The van der Waals surface area contributed by atoms with Crippen LogP contribution in [0.25, 0.3) is 0 Å². The number of likely N-dealkylation sites (N-methyl/N-ethyl adjacent to an activating group) is 1. The molecule has 24 heavy (non-hydrogen) atoms. The van der Waals surface area contributed by atoms with Gasteiger partial charge in [0.1, 0.15) is 5.82 Å². The van der Waals surface area contributed by atoms with Crippen molar-refractivity contribution in [2.45, 2.75) is 38.3 Å². The van der Waals surface area contributed by atoms with Crippen molar-refractivity contribution >= 4 is 6.03 Å². The lowest BCUT2D eigenvalue weighted by atomic mass is 9.86. The molecule has 3 N–H and O–H groups in total. The van der Waals surface area contributed by atoms with Crippen molar-refractivity contribution in [2.75, 3.05) is 27.2 Å². The first-order chi connectivity index (χ1) is 11.4. The fourth-order valence-electron chi connectivity index (χ4n) is 3.35. The molecule has 134 valence electrons. The molecule has 1 aromatic rings. The molecule has 2 amide bonds. The van der Waals surface area contributed by atoms with Gasteiger partial charge in [0.25, 0.3) is 0 Å². The number of halogens is 1. The van der Waals surface area contributed by atoms with Gasteiger partial charge in [-0.25, -0.2) is 9.18 Å². The Morgan fingerprint density at radius 2 is 2.08 bits per heavy atom. The molecule has 1 fully saturated rings. The maximum atomic E-state index is 13.1. The standard InChI is InChI=1S/C18H28FN3O2/c1-18(12-23)10-4-5-16(18)21-17(24)20-11-15(22(2)3)13-6-8-14(19)9-7-13/h6-9,15-16,23H,4-5,10-12H2,1-3H3,(H2,20,21,24). The number of carbonyl (C=O) groups is 1. The molecule has 3 unspecified atom stereocenters. The number of carbonyl (C=O) groups excluding carboxylic acids is 1. The maximum absolute atomic E-state index is 13.1. The molecule has 1 aliphatic rings. The van der Waals surface area contributed by atoms with Crippen molar-refractivity contribution in [2.24, 2.45) is 5.41 Å². The number of amides is 2. The van der Waals surface area contributed by atoms with E-state index in [4.69, 9.17) is 0 Å². The highest BCUT2D eigenvalue weighted by atomic mass is 19.1. The summed E-state index contributed by atoms with van der Waals surface area (Å²) in [6.07, 6.45) is 2.82. The second-order valence-electron chi connectivity index (χ2n) is 7.14. The van der Waals surface area contributed by atoms with Crippen LogP contribution < -0.4 is 10.6 Å². The Kier molecular flexibility index (Phi) is 6.18. The molecule has 0 aromatic heterocycles. The van der Waals surface area contributed by atoms with Crippen LogP contribution in [0.15, 0.2) is 24.3 Å². The first-order valence-corrected chi connectivity index (χ1v) is 8.43. The molecule has 0 spiro atoms. The lowest BCUT2D eigenvalue weighted by Gasteiger charge is -2.31. The van der Waals surface area contributed by atoms with Gasteiger partial charge in [-0.15, -0.1) is 0 Å². The van der Waals surface area contributed by atoms with Crippen LogP contribution in [0.3, 0.4) is 0 Å². The number of rotatable bonds is 6. The number of nitrogens with zero attached hydrogens (tertiary/aromatic N) is 1. The number of urea groups is 1. The van der Waals surface area contributed by atoms with Gasteiger partial charge in [-0.05, 0) is 44.6 Å². The van der Waals surface area contributed by atoms with E-state index in [1.807, 2.05) is 25.9 Å². The smallest absolute Gasteiger partial charge is 0.315 e. The first kappa shape index (κ1) is 18.7. The average Bonchev–Trinajstić information content (AvgIpc) is 2.90. The largest absolute Gasteiger partial charge is 0.396 e. The highest BCUT2D eigenvalue weighted by Gasteiger charge is 2.39. The SMILES string of the molecule is CN(C)C(CNC(=O)NC1CCCC1(C)CO)c1ccc(F)cc1. The minimum Gasteiger partial charge on any atom is -0.396 e. The third-order valence-corrected chi connectivity index (χ3v) is 5.08. The van der Waals surface area contributed by atoms with Crippen LogP contribution >= 0.6 is 0 Å². The predicted molar refractivity (Wildman–Crippen MR) is 92.2 cm³/mol. The molecule has 0 bridgehead atoms. The molecule has 5 nitrogen and oxygen atoms in total. The number of aliphatic hydroxyl groups is 1. The molecule has 1 saturated carbocycles. The van der Waals surface area contributed by atoms with Gasteiger partial charge >= 0.3 is 6.03 Å². The van der Waals surface area contributed by atoms with Crippen LogP contribution in [-0.4, -0.2) is 49.3 Å². The summed E-state index contributed by atoms with van der Waals surface area (Å²) in [7, 11) is 3.85. The zero-order valence-electron chi connectivity index (χ0n) is 14.7. The topological polar surface area (TPSA) is 64.6 Å². The zero-order chi connectivity index (χ0) is 17.7. The summed E-state index contributed by atoms with van der Waals surface area (Å²) < 4.78 is 13.1. The fraction of sp³-hybridized carbons (Fsp3) is 0.611. The van der Waals surface area contributed by atoms with Crippen LogP contribution in [0.2, 0.25) is 0 Å². The van der Waals surface area contributed by atoms with E-state index < -0.39 is 0 Å². The van der Waals surface area contributed by atoms with Gasteiger partial charge in [0.05, 0.1) is 12.6 Å². The van der Waals surface area contributed by atoms with Crippen molar-refractivity contribution in [3.63, 3.8) is 0 Å². The molecular formula is C18H28FN3O2. The summed E-state index contributed by atoms with van der Waals surface area (Å²) in [4.78, 5) is 14.2. The molecule has 3 atom stereocenters. The molecule has 0 aliphatic heterocycles. The van der Waals surface area contributed by atoms with Crippen LogP contribution in [0.5, 0.6) is 0 Å². The minimum atomic E-state index is -0.272. The first-order valence-electron chi connectivity index (χ1n) is 8.43. The van der Waals surface area contributed by atoms with E-state index in [9.17, 15) is 14.3 Å². The Morgan fingerprint density at radius 1 is 1.42 bits per heavy atom. The van der Waals surface area contributed by atoms with Crippen molar-refractivity contribution in [3.8, 4) is 0 Å². The Balaban J connectivity index is 1.92. The third-order valence-electron chi connectivity index (χ3n) is 5.08. The zero-order valence-corrected chi connectivity index (χ0v) is 14.7. The maximum Gasteiger partial charge on any atom is 0.315 e. The van der Waals surface area contributed by atoms with Gasteiger partial charge in [-0.2, -0.15) is 0 Å². The van der Waals surface area contributed by atoms with Crippen molar-refractivity contribution in [1.29, 1.82) is 0 Å². The van der Waals surface area contributed by atoms with Gasteiger partial charge in [0.2, 0.25) is 0 Å². The van der Waals surface area contributed by atoms with E-state index in [1.54, 1.807) is 12.1 Å². The monoisotopic (exact) mass is 337 g/mol. The quantitative estimate of drug-likeness (QED) is 0.746. The molecule has 2 rings (SSSR count). The highest BCUT2D eigenvalue weighted by molar-refractivity contribution is 5.74. The van der Waals surface area contributed by atoms with Gasteiger partial charge in [-0.1, -0.05) is 25.5 Å². The molecule has 0 radical (unpaired) electrons. The Bertz CT molecular complexity index is 550. The van der Waals surface area contributed by atoms with Gasteiger partial charge in [0, 0.05) is 18.0 Å². The van der Waals surface area contributed by atoms with E-state index in [0.717, 1.165) is 24.8 Å². The molecule has 6 heteroatoms. The molecule has 1 aromatic carbocycles. The van der Waals surface area contributed by atoms with Crippen LogP contribution in [0.4, 0.5) is 9.18 Å². The van der Waals surface area contributed by atoms with E-state index in [1.165, 1.54) is 12.1 Å². The number of nitrogens with one attached hydrogen (secondary N) is 2. The van der Waals surface area contributed by atoms with Crippen LogP contribution in [0, 0.1) is 11.2 Å². The van der Waals surface area contributed by atoms with Crippen LogP contribution in [-0.2, 0) is 0 Å². The molecule has 1 aliphatic carbocycles. The van der Waals surface area contributed by atoms with E-state index in [-0.39, 0.29) is 36.0 Å². The summed E-state index contributed by atoms with van der Waals surface area (Å²) in [6.45, 7) is 2.51. The Labute approximate surface area is 143 Å². The van der Waals surface area contributed by atoms with Gasteiger partial charge in [0.15, 0.2) is 0 Å². The van der Waals surface area contributed by atoms with Gasteiger partial charge < -0.3 is 20.6 Å². The second kappa shape index (κ2) is 7.94. The van der Waals surface area contributed by atoms with Crippen molar-refractivity contribution in [3.05, 3.63) is 35.6 Å². The minimum absolute atomic E-state index is 0.00822. The van der Waals surface area contributed by atoms with Crippen molar-refractivity contribution < 1.29 is 14.3 Å². The van der Waals surface area contributed by atoms with Gasteiger partial charge in [-0.3, -0.25) is 0 Å². The van der Waals surface area contributed by atoms with E-state index in [0.29, 0.717) is 6.54 Å². The lowest BCUT2D eigenvalue weighted by molar-refractivity contribution is 0.121. The summed E-state index contributed by atoms with van der Waals surface area (Å²) in [5, 5.41) is 15.4. The number of hydrogen-bond donors (Lipinski definition) is 3. The number of aliphatic hydroxyl groups excluding tert-OH is 1. The van der Waals surface area contributed by atoms with Crippen LogP contribution in [0.1, 0.15) is 37.8 Å². The molecular weight excluding hydrogens is 309 g/mol. The third kappa shape index (κ3) is 4.45. The molecule has 0 saturated heterocycles. The number of benzene rings is 1. The Morgan fingerprint density at radius 3 is 2.67 bits per heavy atom. The normalized spacial score (nSPS) is 24.8. The summed E-state index contributed by atoms with van der Waals surface area (Å²) in [5.74, 6) is -0.272. The summed E-state index contributed by atoms with van der Waals surface area (Å²) in [5.41, 5.74) is 0.706.